The molecule has 5 N–H and O–H groups in total. The van der Waals surface area contributed by atoms with E-state index in [1.807, 2.05) is 29.2 Å². The van der Waals surface area contributed by atoms with Crippen molar-refractivity contribution in [2.24, 2.45) is 0 Å². The van der Waals surface area contributed by atoms with E-state index in [-0.39, 0.29) is 30.2 Å². The highest BCUT2D eigenvalue weighted by Crippen LogP contribution is 2.30. The summed E-state index contributed by atoms with van der Waals surface area (Å²) in [6.07, 6.45) is 3.17. The van der Waals surface area contributed by atoms with Gasteiger partial charge in [-0.15, -0.1) is 0 Å². The quantitative estimate of drug-likeness (QED) is 0.199. The van der Waals surface area contributed by atoms with Crippen LogP contribution in [-0.2, 0) is 11.2 Å². The number of urea groups is 2. The Morgan fingerprint density at radius 2 is 1.72 bits per heavy atom. The second-order valence-corrected chi connectivity index (χ2v) is 12.1. The van der Waals surface area contributed by atoms with E-state index >= 15 is 0 Å². The van der Waals surface area contributed by atoms with Crippen molar-refractivity contribution in [1.82, 2.24) is 20.1 Å². The molecule has 224 valence electrons. The molecule has 2 aromatic carbocycles. The molecular formula is C30H31Br2N7O4. The number of nitrogen functional groups attached to an aromatic ring is 1. The smallest absolute Gasteiger partial charge is 0.322 e. The van der Waals surface area contributed by atoms with Crippen LogP contribution in [0.15, 0.2) is 69.7 Å². The summed E-state index contributed by atoms with van der Waals surface area (Å²) in [5, 5.41) is 8.30. The number of Topliss-reactive ketones (excluding diaryl/α,β-unsaturated/α-hetero) is 1. The number of fused-ring (bicyclic) bond motifs is 1. The maximum atomic E-state index is 13.8. The molecule has 0 saturated carbocycles. The van der Waals surface area contributed by atoms with Crippen molar-refractivity contribution >= 4 is 72.8 Å². The highest BCUT2D eigenvalue weighted by atomic mass is 79.9. The fraction of sp³-hybridized carbons (Fsp3) is 0.300. The SMILES string of the molecule is Nc1c(Br)cc(C(=O)C[C@H](NC(=O)Nc2ccccn2)C(=O)N2CCC(N3CCc4ccccc4NC3=O)CC2)cc1Br. The number of piperidine rings is 1. The second-order valence-electron chi connectivity index (χ2n) is 10.4. The van der Waals surface area contributed by atoms with Crippen LogP contribution in [-0.4, -0.2) is 70.3 Å². The lowest BCUT2D eigenvalue weighted by molar-refractivity contribution is -0.134. The number of benzene rings is 2. The van der Waals surface area contributed by atoms with Crippen LogP contribution in [0.25, 0.3) is 0 Å². The van der Waals surface area contributed by atoms with Crippen LogP contribution < -0.4 is 21.7 Å². The highest BCUT2D eigenvalue weighted by molar-refractivity contribution is 9.11. The summed E-state index contributed by atoms with van der Waals surface area (Å²) in [5.41, 5.74) is 8.68. The predicted octanol–water partition coefficient (Wildman–Crippen LogP) is 5.03. The van der Waals surface area contributed by atoms with Gasteiger partial charge in [-0.25, -0.2) is 14.6 Å². The van der Waals surface area contributed by atoms with Crippen molar-refractivity contribution in [2.45, 2.75) is 37.8 Å². The van der Waals surface area contributed by atoms with Crippen molar-refractivity contribution in [2.75, 3.05) is 36.0 Å². The number of likely N-dealkylation sites (tertiary alicyclic amines) is 1. The number of ketones is 1. The molecule has 2 aliphatic rings. The highest BCUT2D eigenvalue weighted by Gasteiger charge is 2.35. The summed E-state index contributed by atoms with van der Waals surface area (Å²) in [4.78, 5) is 60.6. The summed E-state index contributed by atoms with van der Waals surface area (Å²) in [7, 11) is 0. The Morgan fingerprint density at radius 3 is 2.42 bits per heavy atom. The van der Waals surface area contributed by atoms with Gasteiger partial charge in [-0.1, -0.05) is 24.3 Å². The number of amides is 5. The van der Waals surface area contributed by atoms with Crippen molar-refractivity contribution in [1.29, 1.82) is 0 Å². The molecule has 11 nitrogen and oxygen atoms in total. The number of nitrogens with one attached hydrogen (secondary N) is 3. The van der Waals surface area contributed by atoms with E-state index < -0.39 is 12.1 Å². The minimum Gasteiger partial charge on any atom is -0.397 e. The van der Waals surface area contributed by atoms with Crippen molar-refractivity contribution < 1.29 is 19.2 Å². The van der Waals surface area contributed by atoms with Gasteiger partial charge in [-0.3, -0.25) is 14.9 Å². The van der Waals surface area contributed by atoms with Crippen molar-refractivity contribution in [3.05, 3.63) is 80.9 Å². The van der Waals surface area contributed by atoms with E-state index in [0.717, 1.165) is 17.7 Å². The van der Waals surface area contributed by atoms with Crippen LogP contribution in [0.3, 0.4) is 0 Å². The first-order chi connectivity index (χ1) is 20.7. The molecule has 0 radical (unpaired) electrons. The molecule has 2 aliphatic heterocycles. The Balaban J connectivity index is 1.27. The maximum absolute atomic E-state index is 13.8. The molecule has 5 amide bonds. The van der Waals surface area contributed by atoms with Crippen LogP contribution in [0, 0.1) is 0 Å². The van der Waals surface area contributed by atoms with Crippen LogP contribution in [0.5, 0.6) is 0 Å². The lowest BCUT2D eigenvalue weighted by atomic mass is 9.99. The standard InChI is InChI=1S/C30H31Br2N7O4/c31-21-15-19(16-22(32)27(21)33)25(40)17-24(35-29(42)37-26-7-3-4-11-34-26)28(41)38-12-9-20(10-13-38)39-14-8-18-5-1-2-6-23(18)36-30(39)43/h1-7,11,15-16,20,24H,8-10,12-14,17,33H2,(H,36,43)(H2,34,35,37,42)/t24-/m0/s1. The van der Waals surface area contributed by atoms with Crippen LogP contribution in [0.1, 0.15) is 35.2 Å². The van der Waals surface area contributed by atoms with Gasteiger partial charge >= 0.3 is 12.1 Å². The van der Waals surface area contributed by atoms with Gasteiger partial charge in [-0.05, 0) is 87.0 Å². The molecule has 3 heterocycles. The number of carbonyl (C=O) groups is 4. The zero-order valence-corrected chi connectivity index (χ0v) is 26.4. The van der Waals surface area contributed by atoms with E-state index in [9.17, 15) is 19.2 Å². The van der Waals surface area contributed by atoms with Crippen LogP contribution in [0.2, 0.25) is 0 Å². The Morgan fingerprint density at radius 1 is 1.02 bits per heavy atom. The number of halogens is 2. The predicted molar refractivity (Wildman–Crippen MR) is 171 cm³/mol. The molecule has 0 bridgehead atoms. The van der Waals surface area contributed by atoms with Gasteiger partial charge in [0.1, 0.15) is 11.9 Å². The zero-order valence-electron chi connectivity index (χ0n) is 23.2. The van der Waals surface area contributed by atoms with Crippen molar-refractivity contribution in [3.63, 3.8) is 0 Å². The lowest BCUT2D eigenvalue weighted by Crippen LogP contribution is -2.55. The number of para-hydroxylation sites is 1. The number of pyridine rings is 1. The normalized spacial score (nSPS) is 16.0. The number of nitrogens with zero attached hydrogens (tertiary/aromatic N) is 3. The number of nitrogens with two attached hydrogens (primary N) is 1. The average Bonchev–Trinajstić information content (AvgIpc) is 3.17. The molecule has 1 fully saturated rings. The fourth-order valence-corrected chi connectivity index (χ4v) is 6.54. The number of carbonyl (C=O) groups excluding carboxylic acids is 4. The largest absolute Gasteiger partial charge is 0.397 e. The lowest BCUT2D eigenvalue weighted by Gasteiger charge is -2.39. The van der Waals surface area contributed by atoms with Crippen molar-refractivity contribution in [3.8, 4) is 0 Å². The van der Waals surface area contributed by atoms with Crippen LogP contribution in [0.4, 0.5) is 26.8 Å². The number of rotatable bonds is 7. The molecule has 1 saturated heterocycles. The molecule has 5 rings (SSSR count). The number of hydrogen-bond acceptors (Lipinski definition) is 6. The first kappa shape index (κ1) is 30.5. The molecule has 0 spiro atoms. The minimum atomic E-state index is -1.13. The van der Waals surface area contributed by atoms with Gasteiger partial charge in [0.25, 0.3) is 0 Å². The van der Waals surface area contributed by atoms with E-state index in [1.165, 1.54) is 6.20 Å². The Bertz CT molecular complexity index is 1510. The van der Waals surface area contributed by atoms with Gasteiger partial charge < -0.3 is 26.2 Å². The third-order valence-corrected chi connectivity index (χ3v) is 8.97. The van der Waals surface area contributed by atoms with E-state index in [4.69, 9.17) is 5.73 Å². The minimum absolute atomic E-state index is 0.0386. The molecule has 1 atom stereocenters. The molecule has 0 unspecified atom stereocenters. The number of aromatic nitrogens is 1. The molecule has 3 aromatic rings. The summed E-state index contributed by atoms with van der Waals surface area (Å²) in [5.74, 6) is -0.402. The molecular weight excluding hydrogens is 682 g/mol. The molecule has 13 heteroatoms. The fourth-order valence-electron chi connectivity index (χ4n) is 5.35. The Labute approximate surface area is 265 Å². The molecule has 43 heavy (non-hydrogen) atoms. The van der Waals surface area contributed by atoms with Gasteiger partial charge in [0.15, 0.2) is 5.78 Å². The summed E-state index contributed by atoms with van der Waals surface area (Å²) >= 11 is 6.71. The Hall–Kier alpha value is -3.97. The van der Waals surface area contributed by atoms with Gasteiger partial charge in [0, 0.05) is 58.5 Å². The summed E-state index contributed by atoms with van der Waals surface area (Å²) in [6, 6.07) is 14.0. The first-order valence-corrected chi connectivity index (χ1v) is 15.5. The third kappa shape index (κ3) is 7.34. The van der Waals surface area contributed by atoms with Gasteiger partial charge in [0.2, 0.25) is 5.91 Å². The number of hydrogen-bond donors (Lipinski definition) is 4. The maximum Gasteiger partial charge on any atom is 0.322 e. The van der Waals surface area contributed by atoms with Gasteiger partial charge in [0.05, 0.1) is 5.69 Å². The molecule has 0 aliphatic carbocycles. The summed E-state index contributed by atoms with van der Waals surface area (Å²) < 4.78 is 1.08. The Kier molecular flexibility index (Phi) is 9.61. The monoisotopic (exact) mass is 711 g/mol. The topological polar surface area (TPSA) is 150 Å². The van der Waals surface area contributed by atoms with Gasteiger partial charge in [-0.2, -0.15) is 0 Å². The summed E-state index contributed by atoms with van der Waals surface area (Å²) in [6.45, 7) is 1.35. The van der Waals surface area contributed by atoms with Crippen LogP contribution >= 0.6 is 31.9 Å². The first-order valence-electron chi connectivity index (χ1n) is 13.9. The molecule has 1 aromatic heterocycles. The van der Waals surface area contributed by atoms with E-state index in [0.29, 0.717) is 58.5 Å². The van der Waals surface area contributed by atoms with E-state index in [2.05, 4.69) is 52.8 Å². The number of anilines is 3. The van der Waals surface area contributed by atoms with E-state index in [1.54, 1.807) is 35.2 Å². The second kappa shape index (κ2) is 13.6. The average molecular weight is 713 g/mol. The zero-order chi connectivity index (χ0) is 30.5. The third-order valence-electron chi connectivity index (χ3n) is 7.66.